The molecule has 17 rings (SSSR count). The first-order valence-corrected chi connectivity index (χ1v) is 44.1. The molecule has 0 saturated heterocycles. The maximum Gasteiger partial charge on any atom is 0.446 e. The fourth-order valence-electron chi connectivity index (χ4n) is 17.3. The molecule has 11 aromatic carbocycles. The number of esters is 2. The number of halogens is 3. The molecule has 1 amide bonds. The number of nitrogen functional groups attached to an aromatic ring is 1. The van der Waals surface area contributed by atoms with Gasteiger partial charge in [-0.15, -0.1) is 0 Å². The fraction of sp³-hybridized carbons (Fsp3) is 0.324. The summed E-state index contributed by atoms with van der Waals surface area (Å²) in [6.07, 6.45) is 6.97. The van der Waals surface area contributed by atoms with E-state index in [9.17, 15) is 37.5 Å². The van der Waals surface area contributed by atoms with E-state index >= 15 is 0 Å². The molecule has 11 aromatic rings. The highest BCUT2D eigenvalue weighted by molar-refractivity contribution is 5.96. The topological polar surface area (TPSA) is 238 Å². The van der Waals surface area contributed by atoms with Crippen LogP contribution in [0.25, 0.3) is 6.08 Å². The lowest BCUT2D eigenvalue weighted by Crippen LogP contribution is -2.38. The SMILES string of the molecule is C.C=Cc1ccccc1.CCCCN.CCCCNC(=O)c1cc2c3c(c1)C(c1ccccc1)CCN3CCC2c1ccccc1.CCO.CCOC(=O)c1cc2c3c(c1)C(c1ccccc1)CCN3CCC2c1ccccc1.CCOC(=O)c1ccc(N)cc1.CO.O=C(O)c1cc2c3c(c1)C(c1ccccc1)CCN3CCC2c1ccccc1.O=CC(F)(F)F. The van der Waals surface area contributed by atoms with Gasteiger partial charge < -0.3 is 56.3 Å². The number of hydrogen-bond acceptors (Lipinski definition) is 14. The Bertz CT molecular complexity index is 4950. The first-order chi connectivity index (χ1) is 61.3. The monoisotopic (exact) mass is 1720 g/mol. The lowest BCUT2D eigenvalue weighted by molar-refractivity contribution is -0.156. The maximum absolute atomic E-state index is 13.1. The molecule has 16 nitrogen and oxygen atoms in total. The molecule has 0 saturated carbocycles. The molecule has 0 bridgehead atoms. The first kappa shape index (κ1) is 100.0. The van der Waals surface area contributed by atoms with Gasteiger partial charge >= 0.3 is 24.1 Å². The number of carboxylic acid groups (broad SMARTS) is 1. The van der Waals surface area contributed by atoms with E-state index in [1.807, 2.05) is 67.6 Å². The van der Waals surface area contributed by atoms with Gasteiger partial charge in [-0.2, -0.15) is 13.2 Å². The first-order valence-electron chi connectivity index (χ1n) is 44.1. The number of aldehydes is 1. The molecule has 0 aliphatic carbocycles. The minimum absolute atomic E-state index is 0. The standard InChI is InChI=1S/C29H32N2O.C27H27NO2.C25H23NO2.C9H11NO2.C8H8.C4H11N.C2HF3O.C2H6O.CH4O.CH4/c1-2-3-16-30-29(32)23-19-26-24(21-10-6-4-7-11-21)14-17-31-18-15-25(27(20-23)28(26)31)22-12-8-5-9-13-22;1-2-30-27(29)21-17-24-22(19-9-5-3-6-10-19)13-15-28-16-14-23(25(18-21)26(24)28)20-11-7-4-8-12-20;27-25(28)19-15-22-20(17-7-3-1-4-8-17)11-13-26-14-12-21(23(16-19)24(22)26)18-9-5-2-6-10-18;1-2-12-9(11)7-3-5-8(10)6-4-7;1-2-8-6-4-3-5-7-8;1-2-3-4-5;3-2(4,5)1-6;1-2-3;1-2;/h4-13,19-20,24-25H,2-3,14-18H2,1H3,(H,30,32);3-12,17-18,22-23H,2,13-16H2,1H3;1-10,15-16,20-21H,11-14H2,(H,27,28);3-6H,2,10H2,1H3;2-7H,1H2;2-5H2,1H3;1H;3H,2H2,1H3;2H,1H3;1H4. The van der Waals surface area contributed by atoms with Crippen molar-refractivity contribution < 1.29 is 61.9 Å². The fourth-order valence-corrected chi connectivity index (χ4v) is 17.3. The number of hydrogen-bond donors (Lipinski definition) is 6. The van der Waals surface area contributed by atoms with Gasteiger partial charge in [-0.3, -0.25) is 9.59 Å². The number of carbonyl (C=O) groups is 5. The van der Waals surface area contributed by atoms with E-state index in [4.69, 9.17) is 35.9 Å². The summed E-state index contributed by atoms with van der Waals surface area (Å²) in [6.45, 7) is 22.1. The Morgan fingerprint density at radius 3 is 0.921 bits per heavy atom. The third-order valence-electron chi connectivity index (χ3n) is 23.0. The normalized spacial score (nSPS) is 16.6. The van der Waals surface area contributed by atoms with Crippen molar-refractivity contribution in [2.24, 2.45) is 5.73 Å². The third kappa shape index (κ3) is 27.8. The number of aromatic carboxylic acids is 1. The Balaban J connectivity index is 0.000000197. The van der Waals surface area contributed by atoms with Crippen LogP contribution in [-0.4, -0.2) is 131 Å². The second kappa shape index (κ2) is 51.9. The van der Waals surface area contributed by atoms with Crippen LogP contribution in [0.15, 0.2) is 280 Å². The van der Waals surface area contributed by atoms with Crippen molar-refractivity contribution in [2.45, 2.75) is 148 Å². The molecule has 0 fully saturated rings. The maximum atomic E-state index is 13.1. The number of rotatable bonds is 18. The second-order valence-electron chi connectivity index (χ2n) is 31.2. The van der Waals surface area contributed by atoms with Crippen LogP contribution in [-0.2, 0) is 14.3 Å². The number of alkyl halides is 3. The molecule has 6 aliphatic rings. The van der Waals surface area contributed by atoms with Crippen molar-refractivity contribution in [1.29, 1.82) is 0 Å². The average Bonchev–Trinajstić information content (AvgIpc) is 0.750. The van der Waals surface area contributed by atoms with Gasteiger partial charge in [-0.25, -0.2) is 14.4 Å². The smallest absolute Gasteiger partial charge is 0.446 e. The zero-order chi connectivity index (χ0) is 90.3. The predicted molar refractivity (Wildman–Crippen MR) is 511 cm³/mol. The molecule has 6 heterocycles. The van der Waals surface area contributed by atoms with Crippen LogP contribution in [0, 0.1) is 0 Å². The number of anilines is 4. The van der Waals surface area contributed by atoms with E-state index in [-0.39, 0.29) is 43.7 Å². The zero-order valence-corrected chi connectivity index (χ0v) is 73.5. The van der Waals surface area contributed by atoms with Gasteiger partial charge in [0.2, 0.25) is 6.29 Å². The van der Waals surface area contributed by atoms with Crippen molar-refractivity contribution in [3.8, 4) is 0 Å². The second-order valence-corrected chi connectivity index (χ2v) is 31.2. The Labute approximate surface area is 749 Å². The van der Waals surface area contributed by atoms with Gasteiger partial charge in [0.05, 0.1) is 29.9 Å². The van der Waals surface area contributed by atoms with Crippen molar-refractivity contribution in [1.82, 2.24) is 5.32 Å². The minimum Gasteiger partial charge on any atom is -0.478 e. The van der Waals surface area contributed by atoms with Crippen molar-refractivity contribution in [3.05, 3.63) is 374 Å². The van der Waals surface area contributed by atoms with Crippen molar-refractivity contribution in [3.63, 3.8) is 0 Å². The number of carboxylic acids is 1. The summed E-state index contributed by atoms with van der Waals surface area (Å²) in [7, 11) is 1.00. The van der Waals surface area contributed by atoms with E-state index in [0.29, 0.717) is 59.3 Å². The molecule has 670 valence electrons. The van der Waals surface area contributed by atoms with Gasteiger partial charge in [-0.1, -0.05) is 259 Å². The Morgan fingerprint density at radius 2 is 0.693 bits per heavy atom. The number of aliphatic hydroxyl groups is 2. The Hall–Kier alpha value is -12.4. The summed E-state index contributed by atoms with van der Waals surface area (Å²) < 4.78 is 41.4. The van der Waals surface area contributed by atoms with Crippen LogP contribution in [0.1, 0.15) is 256 Å². The molecule has 127 heavy (non-hydrogen) atoms. The number of nitrogens with two attached hydrogens (primary N) is 2. The molecule has 6 atom stereocenters. The van der Waals surface area contributed by atoms with Gasteiger partial charge in [0.1, 0.15) is 0 Å². The van der Waals surface area contributed by atoms with Crippen LogP contribution in [0.5, 0.6) is 0 Å². The summed E-state index contributed by atoms with van der Waals surface area (Å²) in [6, 6.07) is 93.1. The van der Waals surface area contributed by atoms with Crippen LogP contribution in [0.2, 0.25) is 0 Å². The Kier molecular flexibility index (Phi) is 40.8. The average molecular weight is 1730 g/mol. The van der Waals surface area contributed by atoms with E-state index in [2.05, 4.69) is 235 Å². The minimum atomic E-state index is -4.64. The largest absolute Gasteiger partial charge is 0.478 e. The molecule has 0 radical (unpaired) electrons. The molecule has 0 aromatic heterocycles. The van der Waals surface area contributed by atoms with Crippen LogP contribution in [0.3, 0.4) is 0 Å². The molecule has 6 unspecified atom stereocenters. The molecule has 8 N–H and O–H groups in total. The Morgan fingerprint density at radius 1 is 0.433 bits per heavy atom. The molecule has 0 spiro atoms. The predicted octanol–water partition coefficient (Wildman–Crippen LogP) is 22.6. The van der Waals surface area contributed by atoms with E-state index in [1.165, 1.54) is 102 Å². The van der Waals surface area contributed by atoms with Crippen LogP contribution in [0.4, 0.5) is 35.9 Å². The van der Waals surface area contributed by atoms with E-state index in [1.54, 1.807) is 38.1 Å². The molecule has 19 heteroatoms. The van der Waals surface area contributed by atoms with E-state index in [0.717, 1.165) is 116 Å². The van der Waals surface area contributed by atoms with Gasteiger partial charge in [-0.05, 0) is 212 Å². The van der Waals surface area contributed by atoms with Gasteiger partial charge in [0.15, 0.2) is 0 Å². The number of carbonyl (C=O) groups excluding carboxylic acids is 4. The van der Waals surface area contributed by atoms with Crippen LogP contribution >= 0.6 is 0 Å². The quantitative estimate of drug-likeness (QED) is 0.0203. The molecule has 6 aliphatic heterocycles. The summed E-state index contributed by atoms with van der Waals surface area (Å²) in [4.78, 5) is 65.2. The number of amides is 1. The van der Waals surface area contributed by atoms with Crippen molar-refractivity contribution in [2.75, 3.05) is 99.7 Å². The van der Waals surface area contributed by atoms with E-state index < -0.39 is 18.4 Å². The highest BCUT2D eigenvalue weighted by Gasteiger charge is 2.40. The number of nitrogens with zero attached hydrogens (tertiary/aromatic N) is 3. The van der Waals surface area contributed by atoms with Crippen LogP contribution < -0.4 is 31.5 Å². The summed E-state index contributed by atoms with van der Waals surface area (Å²) in [5.41, 5.74) is 34.2. The zero-order valence-electron chi connectivity index (χ0n) is 73.5. The van der Waals surface area contributed by atoms with Gasteiger partial charge in [0.25, 0.3) is 5.91 Å². The molecular weight excluding hydrogens is 1600 g/mol. The summed E-state index contributed by atoms with van der Waals surface area (Å²) in [5, 5.41) is 27.5. The lowest BCUT2D eigenvalue weighted by atomic mass is 9.76. The number of ether oxygens (including phenoxy) is 2. The molecular formula is C108H127F3N6O10. The number of nitrogens with one attached hydrogen (secondary N) is 1. The van der Waals surface area contributed by atoms with Gasteiger partial charge in [0, 0.05) is 123 Å². The highest BCUT2D eigenvalue weighted by Crippen LogP contribution is 2.53. The number of aliphatic hydroxyl groups excluding tert-OH is 2. The summed E-state index contributed by atoms with van der Waals surface area (Å²) in [5.74, 6) is 0.452. The summed E-state index contributed by atoms with van der Waals surface area (Å²) >= 11 is 0. The lowest BCUT2D eigenvalue weighted by Gasteiger charge is -2.43. The third-order valence-corrected chi connectivity index (χ3v) is 23.0. The highest BCUT2D eigenvalue weighted by atomic mass is 19.4. The number of unbranched alkanes of at least 4 members (excludes halogenated alkanes) is 2. The van der Waals surface area contributed by atoms with Crippen molar-refractivity contribution >= 4 is 58.9 Å². The number of benzene rings is 11.